The summed E-state index contributed by atoms with van der Waals surface area (Å²) in [5, 5.41) is 3.36. The fourth-order valence-corrected chi connectivity index (χ4v) is 2.41. The topological polar surface area (TPSA) is 41.6 Å². The summed E-state index contributed by atoms with van der Waals surface area (Å²) in [5.41, 5.74) is 0.584. The molecule has 0 aliphatic heterocycles. The molecule has 1 saturated carbocycles. The van der Waals surface area contributed by atoms with Crippen molar-refractivity contribution in [1.82, 2.24) is 10.2 Å². The third kappa shape index (κ3) is 4.70. The second kappa shape index (κ2) is 7.41. The smallest absolute Gasteiger partial charge is 0.257 e. The molecule has 2 rings (SSSR count). The van der Waals surface area contributed by atoms with E-state index in [4.69, 9.17) is 17.0 Å². The minimum atomic E-state index is -0.167. The molecule has 0 bridgehead atoms. The van der Waals surface area contributed by atoms with Gasteiger partial charge in [-0.15, -0.1) is 0 Å². The summed E-state index contributed by atoms with van der Waals surface area (Å²) < 4.78 is 5.09. The second-order valence-electron chi connectivity index (χ2n) is 5.38. The number of amides is 1. The highest BCUT2D eigenvalue weighted by Crippen LogP contribution is 2.29. The van der Waals surface area contributed by atoms with E-state index >= 15 is 0 Å². The molecule has 0 radical (unpaired) electrons. The van der Waals surface area contributed by atoms with E-state index in [-0.39, 0.29) is 5.91 Å². The van der Waals surface area contributed by atoms with E-state index in [2.05, 4.69) is 17.1 Å². The zero-order valence-electron chi connectivity index (χ0n) is 12.6. The lowest BCUT2D eigenvalue weighted by Gasteiger charge is -2.24. The van der Waals surface area contributed by atoms with Gasteiger partial charge >= 0.3 is 0 Å². The Bertz CT molecular complexity index is 498. The summed E-state index contributed by atoms with van der Waals surface area (Å²) in [6, 6.07) is 7.02. The van der Waals surface area contributed by atoms with Crippen LogP contribution in [0.5, 0.6) is 5.75 Å². The molecule has 1 aromatic rings. The van der Waals surface area contributed by atoms with Crippen molar-refractivity contribution in [2.45, 2.75) is 26.2 Å². The van der Waals surface area contributed by atoms with Crippen molar-refractivity contribution in [3.63, 3.8) is 0 Å². The number of hydrogen-bond acceptors (Lipinski definition) is 3. The summed E-state index contributed by atoms with van der Waals surface area (Å²) in [5.74, 6) is 1.31. The monoisotopic (exact) mass is 306 g/mol. The molecule has 0 unspecified atom stereocenters. The predicted molar refractivity (Wildman–Crippen MR) is 87.6 cm³/mol. The Labute approximate surface area is 131 Å². The van der Waals surface area contributed by atoms with Gasteiger partial charge in [0.25, 0.3) is 5.91 Å². The summed E-state index contributed by atoms with van der Waals surface area (Å²) in [7, 11) is 1.60. The van der Waals surface area contributed by atoms with E-state index in [1.54, 1.807) is 31.4 Å². The molecule has 1 aromatic carbocycles. The van der Waals surface area contributed by atoms with Crippen LogP contribution < -0.4 is 10.1 Å². The lowest BCUT2D eigenvalue weighted by Crippen LogP contribution is -2.44. The molecule has 114 valence electrons. The molecular weight excluding hydrogens is 284 g/mol. The molecule has 0 aromatic heterocycles. The summed E-state index contributed by atoms with van der Waals surface area (Å²) in [4.78, 5) is 14.3. The van der Waals surface area contributed by atoms with Crippen molar-refractivity contribution in [3.8, 4) is 5.75 Å². The Balaban J connectivity index is 1.93. The van der Waals surface area contributed by atoms with Gasteiger partial charge in [0, 0.05) is 18.7 Å². The number of hydrogen-bond donors (Lipinski definition) is 1. The van der Waals surface area contributed by atoms with Crippen LogP contribution in [0.4, 0.5) is 0 Å². The van der Waals surface area contributed by atoms with Crippen LogP contribution in [0.15, 0.2) is 24.3 Å². The van der Waals surface area contributed by atoms with Gasteiger partial charge in [-0.05, 0) is 61.7 Å². The number of nitrogens with zero attached hydrogens (tertiary/aromatic N) is 1. The summed E-state index contributed by atoms with van der Waals surface area (Å²) in [6.45, 7) is 3.96. The van der Waals surface area contributed by atoms with Gasteiger partial charge in [-0.25, -0.2) is 0 Å². The Hall–Kier alpha value is -1.62. The zero-order valence-corrected chi connectivity index (χ0v) is 13.4. The Kier molecular flexibility index (Phi) is 5.56. The summed E-state index contributed by atoms with van der Waals surface area (Å²) in [6.07, 6.45) is 3.57. The molecule has 4 nitrogen and oxygen atoms in total. The molecule has 0 heterocycles. The lowest BCUT2D eigenvalue weighted by atomic mass is 10.2. The quantitative estimate of drug-likeness (QED) is 0.821. The summed E-state index contributed by atoms with van der Waals surface area (Å²) >= 11 is 5.38. The highest BCUT2D eigenvalue weighted by molar-refractivity contribution is 7.80. The van der Waals surface area contributed by atoms with E-state index in [1.807, 2.05) is 0 Å². The number of carbonyl (C=O) groups excluding carboxylic acids is 1. The van der Waals surface area contributed by atoms with Gasteiger partial charge in [-0.1, -0.05) is 6.92 Å². The van der Waals surface area contributed by atoms with E-state index in [0.29, 0.717) is 10.7 Å². The van der Waals surface area contributed by atoms with E-state index in [9.17, 15) is 4.79 Å². The van der Waals surface area contributed by atoms with E-state index < -0.39 is 0 Å². The van der Waals surface area contributed by atoms with Gasteiger partial charge in [0.2, 0.25) is 0 Å². The maximum atomic E-state index is 12.2. The number of benzene rings is 1. The highest BCUT2D eigenvalue weighted by Gasteiger charge is 2.25. The third-order valence-corrected chi connectivity index (χ3v) is 3.89. The standard InChI is InChI=1S/C16H22N2O2S/c1-3-10-18(11-12-4-5-12)16(21)17-15(19)13-6-8-14(20-2)9-7-13/h6-9,12H,3-5,10-11H2,1-2H3,(H,17,19,21). The van der Waals surface area contributed by atoms with Gasteiger partial charge in [-0.3, -0.25) is 10.1 Å². The van der Waals surface area contributed by atoms with Crippen LogP contribution in [0.1, 0.15) is 36.5 Å². The van der Waals surface area contributed by atoms with Crippen LogP contribution >= 0.6 is 12.2 Å². The molecule has 1 N–H and O–H groups in total. The molecule has 1 amide bonds. The molecular formula is C16H22N2O2S. The molecule has 0 atom stereocenters. The van der Waals surface area contributed by atoms with Crippen LogP contribution in [0.2, 0.25) is 0 Å². The van der Waals surface area contributed by atoms with Gasteiger partial charge < -0.3 is 9.64 Å². The number of methoxy groups -OCH3 is 1. The minimum absolute atomic E-state index is 0.167. The van der Waals surface area contributed by atoms with Crippen molar-refractivity contribution < 1.29 is 9.53 Å². The Morgan fingerprint density at radius 1 is 1.38 bits per heavy atom. The predicted octanol–water partition coefficient (Wildman–Crippen LogP) is 2.83. The van der Waals surface area contributed by atoms with Crippen molar-refractivity contribution in [2.75, 3.05) is 20.2 Å². The zero-order chi connectivity index (χ0) is 15.2. The number of ether oxygens (including phenoxy) is 1. The van der Waals surface area contributed by atoms with Crippen LogP contribution in [0.25, 0.3) is 0 Å². The van der Waals surface area contributed by atoms with Gasteiger partial charge in [0.15, 0.2) is 5.11 Å². The third-order valence-electron chi connectivity index (χ3n) is 3.53. The Morgan fingerprint density at radius 2 is 2.05 bits per heavy atom. The molecule has 0 spiro atoms. The van der Waals surface area contributed by atoms with Crippen molar-refractivity contribution in [2.24, 2.45) is 5.92 Å². The molecule has 21 heavy (non-hydrogen) atoms. The first-order valence-electron chi connectivity index (χ1n) is 7.38. The second-order valence-corrected chi connectivity index (χ2v) is 5.76. The van der Waals surface area contributed by atoms with Gasteiger partial charge in [-0.2, -0.15) is 0 Å². The SMILES string of the molecule is CCCN(CC1CC1)C(=S)NC(=O)c1ccc(OC)cc1. The maximum absolute atomic E-state index is 12.2. The van der Waals surface area contributed by atoms with Gasteiger partial charge in [0.1, 0.15) is 5.75 Å². The van der Waals surface area contributed by atoms with Crippen molar-refractivity contribution in [1.29, 1.82) is 0 Å². The minimum Gasteiger partial charge on any atom is -0.497 e. The fourth-order valence-electron chi connectivity index (χ4n) is 2.15. The first-order valence-corrected chi connectivity index (χ1v) is 7.79. The molecule has 1 aliphatic carbocycles. The molecule has 1 fully saturated rings. The number of rotatable bonds is 6. The number of carbonyl (C=O) groups is 1. The van der Waals surface area contributed by atoms with Crippen molar-refractivity contribution >= 4 is 23.2 Å². The van der Waals surface area contributed by atoms with E-state index in [0.717, 1.165) is 31.2 Å². The first kappa shape index (κ1) is 15.8. The Morgan fingerprint density at radius 3 is 2.57 bits per heavy atom. The highest BCUT2D eigenvalue weighted by atomic mass is 32.1. The molecule has 0 saturated heterocycles. The first-order chi connectivity index (χ1) is 10.1. The van der Waals surface area contributed by atoms with Gasteiger partial charge in [0.05, 0.1) is 7.11 Å². The van der Waals surface area contributed by atoms with Crippen LogP contribution in [-0.4, -0.2) is 36.1 Å². The number of thiocarbonyl (C=S) groups is 1. The molecule has 5 heteroatoms. The normalized spacial score (nSPS) is 13.6. The van der Waals surface area contributed by atoms with Crippen LogP contribution in [0.3, 0.4) is 0 Å². The molecule has 1 aliphatic rings. The van der Waals surface area contributed by atoms with Crippen molar-refractivity contribution in [3.05, 3.63) is 29.8 Å². The fraction of sp³-hybridized carbons (Fsp3) is 0.500. The largest absolute Gasteiger partial charge is 0.497 e. The van der Waals surface area contributed by atoms with Crippen LogP contribution in [0, 0.1) is 5.92 Å². The van der Waals surface area contributed by atoms with E-state index in [1.165, 1.54) is 12.8 Å². The average molecular weight is 306 g/mol. The lowest BCUT2D eigenvalue weighted by molar-refractivity contribution is 0.0973. The van der Waals surface area contributed by atoms with Crippen LogP contribution in [-0.2, 0) is 0 Å². The number of nitrogens with one attached hydrogen (secondary N) is 1. The average Bonchev–Trinajstić information content (AvgIpc) is 3.31. The maximum Gasteiger partial charge on any atom is 0.257 e.